The predicted octanol–water partition coefficient (Wildman–Crippen LogP) is 2.99. The van der Waals surface area contributed by atoms with Crippen molar-refractivity contribution in [3.05, 3.63) is 42.1 Å². The number of nitrogens with zero attached hydrogens (tertiary/aromatic N) is 5. The minimum Gasteiger partial charge on any atom is -0.353 e. The summed E-state index contributed by atoms with van der Waals surface area (Å²) in [5.41, 5.74) is 2.03. The molecule has 3 aromatic rings. The molecular weight excluding hydrogens is 316 g/mol. The molecule has 1 atom stereocenters. The van der Waals surface area contributed by atoms with Gasteiger partial charge < -0.3 is 5.32 Å². The molecule has 4 rings (SSSR count). The summed E-state index contributed by atoms with van der Waals surface area (Å²) in [5.74, 6) is 1.17. The number of aliphatic imine (C=N–C) groups is 1. The van der Waals surface area contributed by atoms with Crippen molar-refractivity contribution in [2.75, 3.05) is 5.32 Å². The Labute approximate surface area is 145 Å². The first kappa shape index (κ1) is 16.8. The normalized spacial score (nSPS) is 15.1. The molecule has 1 unspecified atom stereocenters. The number of Topliss-reactive ketones (excluding diaryl/α,β-unsaturated/α-hetero) is 1. The number of pyridine rings is 1. The fourth-order valence-corrected chi connectivity index (χ4v) is 2.57. The molecule has 0 saturated carbocycles. The molecule has 0 fully saturated rings. The third-order valence-electron chi connectivity index (χ3n) is 3.79. The van der Waals surface area contributed by atoms with Crippen molar-refractivity contribution in [2.24, 2.45) is 4.99 Å². The maximum absolute atomic E-state index is 11.5. The first-order valence-corrected chi connectivity index (χ1v) is 8.29. The summed E-state index contributed by atoms with van der Waals surface area (Å²) in [5, 5.41) is 12.4. The third kappa shape index (κ3) is 3.40. The summed E-state index contributed by atoms with van der Waals surface area (Å²) >= 11 is 0. The van der Waals surface area contributed by atoms with E-state index < -0.39 is 6.04 Å². The van der Waals surface area contributed by atoms with Crippen LogP contribution < -0.4 is 5.32 Å². The Morgan fingerprint density at radius 1 is 1.28 bits per heavy atom. The summed E-state index contributed by atoms with van der Waals surface area (Å²) in [6.45, 7) is 6.07. The molecule has 1 aliphatic rings. The van der Waals surface area contributed by atoms with E-state index >= 15 is 0 Å². The second kappa shape index (κ2) is 7.21. The Hall–Kier alpha value is -3.09. The number of aromatic nitrogens is 4. The molecule has 128 valence electrons. The zero-order valence-electron chi connectivity index (χ0n) is 14.5. The molecule has 2 aromatic heterocycles. The smallest absolute Gasteiger partial charge is 0.218 e. The van der Waals surface area contributed by atoms with Gasteiger partial charge in [0, 0.05) is 17.8 Å². The van der Waals surface area contributed by atoms with Gasteiger partial charge >= 0.3 is 0 Å². The Kier molecular flexibility index (Phi) is 4.83. The maximum atomic E-state index is 11.5. The summed E-state index contributed by atoms with van der Waals surface area (Å²) in [7, 11) is 0. The number of anilines is 1. The lowest BCUT2D eigenvalue weighted by molar-refractivity contribution is -0.116. The fourth-order valence-electron chi connectivity index (χ4n) is 2.57. The average Bonchev–Trinajstić information content (AvgIpc) is 3.05. The Balaban J connectivity index is 0.000000880. The first-order chi connectivity index (χ1) is 12.2. The Morgan fingerprint density at radius 3 is 2.92 bits per heavy atom. The molecule has 1 aromatic carbocycles. The number of benzene rings is 1. The van der Waals surface area contributed by atoms with Crippen LogP contribution in [0.3, 0.4) is 0 Å². The van der Waals surface area contributed by atoms with E-state index in [1.165, 1.54) is 6.92 Å². The minimum absolute atomic E-state index is 0.00364. The van der Waals surface area contributed by atoms with E-state index in [-0.39, 0.29) is 5.78 Å². The maximum Gasteiger partial charge on any atom is 0.218 e. The van der Waals surface area contributed by atoms with Crippen LogP contribution in [0.25, 0.3) is 10.9 Å². The number of fused-ring (bicyclic) bond motifs is 2. The third-order valence-corrected chi connectivity index (χ3v) is 3.79. The van der Waals surface area contributed by atoms with E-state index in [1.807, 2.05) is 38.1 Å². The van der Waals surface area contributed by atoms with Crippen LogP contribution in [0.4, 0.5) is 11.6 Å². The molecule has 7 nitrogen and oxygen atoms in total. The summed E-state index contributed by atoms with van der Waals surface area (Å²) in [4.78, 5) is 20.0. The number of hydrogen-bond donors (Lipinski definition) is 1. The van der Waals surface area contributed by atoms with Gasteiger partial charge in [-0.25, -0.2) is 9.67 Å². The molecule has 0 radical (unpaired) electrons. The molecule has 25 heavy (non-hydrogen) atoms. The second-order valence-corrected chi connectivity index (χ2v) is 5.46. The van der Waals surface area contributed by atoms with Crippen LogP contribution in [0, 0.1) is 0 Å². The number of carbonyl (C=O) groups is 1. The van der Waals surface area contributed by atoms with Crippen LogP contribution in [0.15, 0.2) is 41.5 Å². The number of hydrogen-bond acceptors (Lipinski definition) is 6. The van der Waals surface area contributed by atoms with Gasteiger partial charge in [-0.05, 0) is 30.7 Å². The topological polar surface area (TPSA) is 85.1 Å². The van der Waals surface area contributed by atoms with Gasteiger partial charge in [0.25, 0.3) is 0 Å². The zero-order chi connectivity index (χ0) is 17.8. The monoisotopic (exact) mass is 336 g/mol. The van der Waals surface area contributed by atoms with Gasteiger partial charge in [0.15, 0.2) is 11.6 Å². The predicted molar refractivity (Wildman–Crippen MR) is 98.5 cm³/mol. The van der Waals surface area contributed by atoms with Crippen LogP contribution in [0.5, 0.6) is 0 Å². The number of carbonyl (C=O) groups excluding carboxylic acids is 1. The van der Waals surface area contributed by atoms with Crippen molar-refractivity contribution in [2.45, 2.75) is 33.4 Å². The SMILES string of the molecule is CC.CC(=O)C1C=Nc2nnn(Cc3ccc4ncccc4c3)c2N1. The molecule has 1 aliphatic heterocycles. The van der Waals surface area contributed by atoms with E-state index in [1.54, 1.807) is 17.1 Å². The largest absolute Gasteiger partial charge is 0.353 e. The highest BCUT2D eigenvalue weighted by molar-refractivity contribution is 6.02. The summed E-state index contributed by atoms with van der Waals surface area (Å²) in [6.07, 6.45) is 3.34. The van der Waals surface area contributed by atoms with Crippen molar-refractivity contribution < 1.29 is 4.79 Å². The van der Waals surface area contributed by atoms with Crippen molar-refractivity contribution in [3.63, 3.8) is 0 Å². The van der Waals surface area contributed by atoms with Gasteiger partial charge in [0.1, 0.15) is 6.04 Å². The molecule has 7 heteroatoms. The van der Waals surface area contributed by atoms with Crippen LogP contribution >= 0.6 is 0 Å². The van der Waals surface area contributed by atoms with Crippen LogP contribution in [0.2, 0.25) is 0 Å². The van der Waals surface area contributed by atoms with Gasteiger partial charge in [-0.2, -0.15) is 0 Å². The molecule has 0 aliphatic carbocycles. The lowest BCUT2D eigenvalue weighted by Gasteiger charge is -2.17. The summed E-state index contributed by atoms with van der Waals surface area (Å²) < 4.78 is 1.72. The molecule has 0 saturated heterocycles. The quantitative estimate of drug-likeness (QED) is 0.795. The highest BCUT2D eigenvalue weighted by atomic mass is 16.1. The number of ketones is 1. The van der Waals surface area contributed by atoms with Crippen molar-refractivity contribution in [1.29, 1.82) is 0 Å². The fraction of sp³-hybridized carbons (Fsp3) is 0.278. The van der Waals surface area contributed by atoms with Crippen LogP contribution in [-0.2, 0) is 11.3 Å². The average molecular weight is 336 g/mol. The van der Waals surface area contributed by atoms with Crippen molar-refractivity contribution >= 4 is 34.5 Å². The Bertz CT molecular complexity index is 930. The van der Waals surface area contributed by atoms with E-state index in [4.69, 9.17) is 0 Å². The molecule has 0 amide bonds. The molecule has 0 bridgehead atoms. The lowest BCUT2D eigenvalue weighted by Crippen LogP contribution is -2.32. The minimum atomic E-state index is -0.430. The number of rotatable bonds is 3. The van der Waals surface area contributed by atoms with Gasteiger partial charge in [0.2, 0.25) is 5.82 Å². The molecular formula is C18H20N6O. The van der Waals surface area contributed by atoms with Crippen LogP contribution in [0.1, 0.15) is 26.3 Å². The zero-order valence-corrected chi connectivity index (χ0v) is 14.5. The van der Waals surface area contributed by atoms with E-state index in [9.17, 15) is 4.79 Å². The lowest BCUT2D eigenvalue weighted by atomic mass is 10.1. The van der Waals surface area contributed by atoms with E-state index in [2.05, 4.69) is 31.7 Å². The molecule has 0 spiro atoms. The standard InChI is InChI=1S/C16H14N6O.C2H6/c1-10(23)14-8-18-15-16(19-14)22(21-20-15)9-11-4-5-13-12(7-11)3-2-6-17-13;1-2/h2-8,14,19H,9H2,1H3;1-2H3. The molecule has 1 N–H and O–H groups in total. The van der Waals surface area contributed by atoms with Gasteiger partial charge in [-0.1, -0.05) is 31.2 Å². The van der Waals surface area contributed by atoms with E-state index in [0.717, 1.165) is 16.5 Å². The van der Waals surface area contributed by atoms with Crippen molar-refractivity contribution in [1.82, 2.24) is 20.0 Å². The molecule has 3 heterocycles. The number of nitrogens with one attached hydrogen (secondary N) is 1. The highest BCUT2D eigenvalue weighted by Gasteiger charge is 2.22. The highest BCUT2D eigenvalue weighted by Crippen LogP contribution is 2.26. The van der Waals surface area contributed by atoms with E-state index in [0.29, 0.717) is 18.2 Å². The van der Waals surface area contributed by atoms with Gasteiger partial charge in [0.05, 0.1) is 12.1 Å². The van der Waals surface area contributed by atoms with Crippen LogP contribution in [-0.4, -0.2) is 38.0 Å². The Morgan fingerprint density at radius 2 is 2.12 bits per heavy atom. The first-order valence-electron chi connectivity index (χ1n) is 8.29. The summed E-state index contributed by atoms with van der Waals surface area (Å²) in [6, 6.07) is 9.58. The van der Waals surface area contributed by atoms with Crippen molar-refractivity contribution in [3.8, 4) is 0 Å². The van der Waals surface area contributed by atoms with Gasteiger partial charge in [-0.15, -0.1) is 5.10 Å². The van der Waals surface area contributed by atoms with Gasteiger partial charge in [-0.3, -0.25) is 9.78 Å². The second-order valence-electron chi connectivity index (χ2n) is 5.46.